The fraction of sp³-hybridized carbons (Fsp3) is 0.667. The SMILES string of the molecule is CC(=O)OC[C@]12[C@H](OC(C)=O)[C@H](OC(C)=O)[C@@H]3[C@@H](O)[C@@]14O[C@@]3(C)COC(=O)c1cccnc1CCC(C)C(=O)O[C@@H]([C@H](OC(C)=O)[C@@H]2OC(C)=O)C4(C)O. The molecule has 0 aromatic carbocycles. The van der Waals surface area contributed by atoms with Crippen molar-refractivity contribution in [1.29, 1.82) is 0 Å². The van der Waals surface area contributed by atoms with Crippen LogP contribution in [-0.2, 0) is 73.1 Å². The van der Waals surface area contributed by atoms with Crippen LogP contribution in [0.3, 0.4) is 0 Å². The number of aliphatic hydroxyl groups excluding tert-OH is 1. The van der Waals surface area contributed by atoms with Gasteiger partial charge < -0.3 is 48.1 Å². The lowest BCUT2D eigenvalue weighted by Gasteiger charge is -2.67. The Kier molecular flexibility index (Phi) is 10.9. The van der Waals surface area contributed by atoms with Crippen LogP contribution in [0.4, 0.5) is 0 Å². The van der Waals surface area contributed by atoms with E-state index in [9.17, 15) is 43.8 Å². The third kappa shape index (κ3) is 6.46. The van der Waals surface area contributed by atoms with E-state index in [4.69, 9.17) is 37.9 Å². The maximum absolute atomic E-state index is 14.0. The topological polar surface area (TPSA) is 247 Å². The van der Waals surface area contributed by atoms with Crippen molar-refractivity contribution in [2.75, 3.05) is 13.2 Å². The number of aliphatic hydroxyl groups is 2. The van der Waals surface area contributed by atoms with Gasteiger partial charge in [-0.3, -0.25) is 33.8 Å². The zero-order valence-corrected chi connectivity index (χ0v) is 31.1. The summed E-state index contributed by atoms with van der Waals surface area (Å²) in [4.78, 5) is 96.5. The van der Waals surface area contributed by atoms with Crippen molar-refractivity contribution in [3.63, 3.8) is 0 Å². The lowest BCUT2D eigenvalue weighted by Crippen LogP contribution is -2.89. The minimum absolute atomic E-state index is 0.0466. The van der Waals surface area contributed by atoms with Crippen LogP contribution in [0.2, 0.25) is 0 Å². The molecule has 3 fully saturated rings. The summed E-state index contributed by atoms with van der Waals surface area (Å²) in [5.74, 6) is -9.34. The lowest BCUT2D eigenvalue weighted by atomic mass is 9.45. The predicted octanol–water partition coefficient (Wildman–Crippen LogP) is 0.292. The molecule has 18 heteroatoms. The highest BCUT2D eigenvalue weighted by molar-refractivity contribution is 5.90. The van der Waals surface area contributed by atoms with Crippen molar-refractivity contribution in [3.8, 4) is 0 Å². The van der Waals surface area contributed by atoms with Gasteiger partial charge in [0.1, 0.15) is 41.5 Å². The molecule has 1 aromatic rings. The molecule has 1 saturated heterocycles. The number of carbonyl (C=O) groups is 7. The molecule has 0 radical (unpaired) electrons. The Morgan fingerprint density at radius 1 is 0.889 bits per heavy atom. The van der Waals surface area contributed by atoms with Gasteiger partial charge in [0.05, 0.1) is 29.2 Å². The molecule has 54 heavy (non-hydrogen) atoms. The third-order valence-electron chi connectivity index (χ3n) is 10.9. The Hall–Kier alpha value is -4.68. The number of esters is 7. The van der Waals surface area contributed by atoms with Gasteiger partial charge in [-0.15, -0.1) is 0 Å². The van der Waals surface area contributed by atoms with E-state index in [2.05, 4.69) is 4.98 Å². The second-order valence-corrected chi connectivity index (χ2v) is 14.7. The van der Waals surface area contributed by atoms with E-state index in [1.807, 2.05) is 0 Å². The van der Waals surface area contributed by atoms with E-state index in [1.54, 1.807) is 0 Å². The van der Waals surface area contributed by atoms with Gasteiger partial charge in [-0.1, -0.05) is 6.92 Å². The molecule has 18 nitrogen and oxygen atoms in total. The number of hydrogen-bond acceptors (Lipinski definition) is 18. The number of nitrogens with zero attached hydrogens (tertiary/aromatic N) is 1. The molecule has 2 unspecified atom stereocenters. The first-order valence-corrected chi connectivity index (χ1v) is 17.4. The predicted molar refractivity (Wildman–Crippen MR) is 176 cm³/mol. The summed E-state index contributed by atoms with van der Waals surface area (Å²) in [6.45, 7) is 7.22. The van der Waals surface area contributed by atoms with Crippen LogP contribution < -0.4 is 0 Å². The van der Waals surface area contributed by atoms with Gasteiger partial charge in [-0.05, 0) is 38.8 Å². The minimum Gasteiger partial charge on any atom is -0.465 e. The maximum atomic E-state index is 14.0. The molecule has 3 heterocycles. The number of carbonyl (C=O) groups excluding carboxylic acids is 7. The molecule has 4 aliphatic rings. The van der Waals surface area contributed by atoms with Crippen LogP contribution in [0, 0.1) is 17.3 Å². The molecule has 1 spiro atoms. The molecule has 2 aliphatic carbocycles. The summed E-state index contributed by atoms with van der Waals surface area (Å²) in [7, 11) is 0. The van der Waals surface area contributed by atoms with Gasteiger partial charge in [-0.2, -0.15) is 0 Å². The Morgan fingerprint density at radius 2 is 1.46 bits per heavy atom. The zero-order valence-electron chi connectivity index (χ0n) is 31.1. The average molecular weight is 764 g/mol. The fourth-order valence-electron chi connectivity index (χ4n) is 8.87. The molecule has 2 saturated carbocycles. The first kappa shape index (κ1) is 40.5. The highest BCUT2D eigenvalue weighted by atomic mass is 16.7. The normalized spacial score (nSPS) is 38.6. The Morgan fingerprint density at radius 3 is 2.04 bits per heavy atom. The van der Waals surface area contributed by atoms with Crippen molar-refractivity contribution in [2.45, 2.75) is 122 Å². The number of pyridine rings is 1. The molecule has 12 atom stereocenters. The average Bonchev–Trinajstić information content (AvgIpc) is 3.27. The lowest BCUT2D eigenvalue weighted by molar-refractivity contribution is -0.386. The van der Waals surface area contributed by atoms with Crippen LogP contribution >= 0.6 is 0 Å². The summed E-state index contributed by atoms with van der Waals surface area (Å²) in [5.41, 5.74) is -9.71. The van der Waals surface area contributed by atoms with E-state index in [1.165, 1.54) is 32.2 Å². The van der Waals surface area contributed by atoms with Crippen molar-refractivity contribution in [2.24, 2.45) is 17.3 Å². The van der Waals surface area contributed by atoms with Crippen molar-refractivity contribution >= 4 is 41.8 Å². The number of hydrogen-bond donors (Lipinski definition) is 2. The smallest absolute Gasteiger partial charge is 0.340 e. The van der Waals surface area contributed by atoms with Crippen LogP contribution in [0.1, 0.15) is 77.9 Å². The molecule has 1 aromatic heterocycles. The van der Waals surface area contributed by atoms with Gasteiger partial charge >= 0.3 is 41.8 Å². The van der Waals surface area contributed by atoms with Gasteiger partial charge in [0.15, 0.2) is 24.4 Å². The van der Waals surface area contributed by atoms with Crippen molar-refractivity contribution in [1.82, 2.24) is 4.98 Å². The molecule has 4 bridgehead atoms. The number of aromatic nitrogens is 1. The third-order valence-corrected chi connectivity index (χ3v) is 10.9. The van der Waals surface area contributed by atoms with Crippen LogP contribution in [-0.4, -0.2) is 124 Å². The van der Waals surface area contributed by atoms with E-state index in [0.717, 1.165) is 41.5 Å². The van der Waals surface area contributed by atoms with E-state index in [-0.39, 0.29) is 24.1 Å². The molecule has 2 N–H and O–H groups in total. The summed E-state index contributed by atoms with van der Waals surface area (Å²) >= 11 is 0. The van der Waals surface area contributed by atoms with Gasteiger partial charge in [0.2, 0.25) is 0 Å². The minimum atomic E-state index is -2.76. The number of cyclic esters (lactones) is 1. The quantitative estimate of drug-likeness (QED) is 0.292. The van der Waals surface area contributed by atoms with Crippen molar-refractivity contribution in [3.05, 3.63) is 29.6 Å². The second kappa shape index (κ2) is 14.5. The monoisotopic (exact) mass is 763 g/mol. The molecule has 296 valence electrons. The highest BCUT2D eigenvalue weighted by Crippen LogP contribution is 2.69. The standard InChI is InChI=1S/C36H45NO17/c1-16-11-12-23-22(10-9-13-37-23)32(45)48-14-33(7)24-25(49-18(3)39)29(51-20(5)41)35(15-47-17(2)38)30(52-21(6)42)26(50-19(4)40)28(53-31(16)44)34(8,46)36(35,54-33)27(24)43/h9-10,13,16,24-30,43,46H,11-12,14-15H2,1-8H3/t16?,24-,25-,26+,27-,28+,29-,30+,33+,34?,35-,36+/m1/s1. The van der Waals surface area contributed by atoms with Gasteiger partial charge in [-0.25, -0.2) is 4.79 Å². The first-order valence-electron chi connectivity index (χ1n) is 17.4. The fourth-order valence-corrected chi connectivity index (χ4v) is 8.87. The molecule has 5 rings (SSSR count). The maximum Gasteiger partial charge on any atom is 0.340 e. The summed E-state index contributed by atoms with van der Waals surface area (Å²) < 4.78 is 47.5. The van der Waals surface area contributed by atoms with E-state index >= 15 is 0 Å². The van der Waals surface area contributed by atoms with Gasteiger partial charge in [0, 0.05) is 40.8 Å². The van der Waals surface area contributed by atoms with E-state index < -0.39 is 126 Å². The number of aryl methyl sites for hydroxylation is 1. The summed E-state index contributed by atoms with van der Waals surface area (Å²) in [6.07, 6.45) is -10.3. The second-order valence-electron chi connectivity index (χ2n) is 14.7. The van der Waals surface area contributed by atoms with Crippen LogP contribution in [0.5, 0.6) is 0 Å². The highest BCUT2D eigenvalue weighted by Gasteiger charge is 2.90. The molecule has 2 aliphatic heterocycles. The van der Waals surface area contributed by atoms with Crippen molar-refractivity contribution < 1.29 is 81.7 Å². The van der Waals surface area contributed by atoms with E-state index in [0.29, 0.717) is 0 Å². The van der Waals surface area contributed by atoms with Crippen LogP contribution in [0.15, 0.2) is 18.3 Å². The van der Waals surface area contributed by atoms with Gasteiger partial charge in [0.25, 0.3) is 0 Å². The first-order chi connectivity index (χ1) is 25.1. The number of rotatable bonds is 6. The molecule has 0 amide bonds. The summed E-state index contributed by atoms with van der Waals surface area (Å²) in [5, 5.41) is 25.8. The number of ether oxygens (including phenoxy) is 8. The summed E-state index contributed by atoms with van der Waals surface area (Å²) in [6, 6.07) is 2.97. The largest absolute Gasteiger partial charge is 0.465 e. The molecular formula is C36H45NO17. The Bertz CT molecular complexity index is 1730. The Balaban J connectivity index is 1.93. The number of fused-ring (bicyclic) bond motifs is 5. The zero-order chi connectivity index (χ0) is 40.1. The Labute approximate surface area is 310 Å². The molecular weight excluding hydrogens is 718 g/mol. The van der Waals surface area contributed by atoms with Crippen LogP contribution in [0.25, 0.3) is 0 Å².